The number of nitrogens with zero attached hydrogens (tertiary/aromatic N) is 2. The summed E-state index contributed by atoms with van der Waals surface area (Å²) in [6.45, 7) is 4.18. The Bertz CT molecular complexity index is 330. The molecule has 6 nitrogen and oxygen atoms in total. The quantitative estimate of drug-likeness (QED) is 0.548. The largest absolute Gasteiger partial charge is 0.393 e. The fourth-order valence-corrected chi connectivity index (χ4v) is 1.04. The number of hydrogen-bond donors (Lipinski definition) is 4. The van der Waals surface area contributed by atoms with Crippen molar-refractivity contribution in [3.05, 3.63) is 12.3 Å². The van der Waals surface area contributed by atoms with Crippen LogP contribution in [0, 0.1) is 0 Å². The van der Waals surface area contributed by atoms with Gasteiger partial charge in [-0.3, -0.25) is 0 Å². The summed E-state index contributed by atoms with van der Waals surface area (Å²) in [6, 6.07) is 1.70. The monoisotopic (exact) mass is 226 g/mol. The average Bonchev–Trinajstić information content (AvgIpc) is 2.28. The van der Waals surface area contributed by atoms with Crippen LogP contribution in [0.1, 0.15) is 13.8 Å². The van der Waals surface area contributed by atoms with E-state index in [9.17, 15) is 5.11 Å². The van der Waals surface area contributed by atoms with Gasteiger partial charge in [-0.2, -0.15) is 4.98 Å². The number of aromatic nitrogens is 2. The van der Waals surface area contributed by atoms with Crippen molar-refractivity contribution in [3.8, 4) is 0 Å². The molecule has 0 radical (unpaired) electrons. The maximum absolute atomic E-state index is 9.59. The van der Waals surface area contributed by atoms with Crippen molar-refractivity contribution in [1.29, 1.82) is 0 Å². The molecule has 0 aliphatic carbocycles. The van der Waals surface area contributed by atoms with E-state index in [1.165, 1.54) is 0 Å². The van der Waals surface area contributed by atoms with Gasteiger partial charge in [-0.15, -0.1) is 0 Å². The van der Waals surface area contributed by atoms with Crippen LogP contribution in [0.15, 0.2) is 12.3 Å². The molecule has 0 saturated carbocycles. The second-order valence-corrected chi connectivity index (χ2v) is 3.80. The minimum atomic E-state index is -1.15. The van der Waals surface area contributed by atoms with E-state index in [2.05, 4.69) is 20.6 Å². The topological polar surface area (TPSA) is 90.3 Å². The number of hydrogen-bond acceptors (Lipinski definition) is 6. The van der Waals surface area contributed by atoms with Gasteiger partial charge in [0.25, 0.3) is 0 Å². The van der Waals surface area contributed by atoms with E-state index >= 15 is 0 Å². The maximum Gasteiger partial charge on any atom is 0.224 e. The second kappa shape index (κ2) is 5.62. The van der Waals surface area contributed by atoms with Crippen molar-refractivity contribution in [2.24, 2.45) is 0 Å². The summed E-state index contributed by atoms with van der Waals surface area (Å²) in [5, 5.41) is 24.4. The first-order chi connectivity index (χ1) is 7.57. The molecule has 0 aliphatic heterocycles. The highest BCUT2D eigenvalue weighted by Crippen LogP contribution is 2.08. The molecule has 1 heterocycles. The van der Waals surface area contributed by atoms with Gasteiger partial charge in [0, 0.05) is 19.3 Å². The van der Waals surface area contributed by atoms with Crippen LogP contribution < -0.4 is 10.6 Å². The number of rotatable bonds is 6. The molecule has 1 rings (SSSR count). The number of aliphatic hydroxyl groups is 2. The Labute approximate surface area is 94.7 Å². The Morgan fingerprint density at radius 3 is 2.81 bits per heavy atom. The number of anilines is 2. The van der Waals surface area contributed by atoms with E-state index in [4.69, 9.17) is 5.11 Å². The standard InChI is InChI=1S/C10H18N4O2/c1-3-11-9-12-5-4-8(14-9)13-6-10(2,16)7-15/h4-5,15-16H,3,6-7H2,1-2H3,(H2,11,12,13,14). The molecule has 1 aromatic heterocycles. The molecule has 6 heteroatoms. The molecule has 0 saturated heterocycles. The Hall–Kier alpha value is -1.40. The molecular formula is C10H18N4O2. The molecule has 0 spiro atoms. The highest BCUT2D eigenvalue weighted by atomic mass is 16.3. The molecule has 0 amide bonds. The van der Waals surface area contributed by atoms with Gasteiger partial charge >= 0.3 is 0 Å². The molecule has 4 N–H and O–H groups in total. The molecule has 0 aromatic carbocycles. The minimum Gasteiger partial charge on any atom is -0.393 e. The highest BCUT2D eigenvalue weighted by molar-refractivity contribution is 5.39. The van der Waals surface area contributed by atoms with Crippen molar-refractivity contribution in [2.75, 3.05) is 30.3 Å². The van der Waals surface area contributed by atoms with Gasteiger partial charge in [-0.25, -0.2) is 4.98 Å². The van der Waals surface area contributed by atoms with Gasteiger partial charge in [-0.05, 0) is 19.9 Å². The van der Waals surface area contributed by atoms with Crippen molar-refractivity contribution in [2.45, 2.75) is 19.4 Å². The van der Waals surface area contributed by atoms with Crippen LogP contribution in [0.3, 0.4) is 0 Å². The summed E-state index contributed by atoms with van der Waals surface area (Å²) in [7, 11) is 0. The summed E-state index contributed by atoms with van der Waals surface area (Å²) in [4.78, 5) is 8.19. The van der Waals surface area contributed by atoms with Crippen LogP contribution in [0.25, 0.3) is 0 Å². The van der Waals surface area contributed by atoms with E-state index in [-0.39, 0.29) is 13.2 Å². The zero-order chi connectivity index (χ0) is 12.0. The first kappa shape index (κ1) is 12.7. The Kier molecular flexibility index (Phi) is 4.45. The zero-order valence-electron chi connectivity index (χ0n) is 9.56. The zero-order valence-corrected chi connectivity index (χ0v) is 9.56. The summed E-state index contributed by atoms with van der Waals surface area (Å²) in [5.74, 6) is 1.15. The molecular weight excluding hydrogens is 208 g/mol. The molecule has 0 bridgehead atoms. The third-order valence-electron chi connectivity index (χ3n) is 1.98. The molecule has 0 fully saturated rings. The fraction of sp³-hybridized carbons (Fsp3) is 0.600. The summed E-state index contributed by atoms with van der Waals surface area (Å²) in [6.07, 6.45) is 1.63. The summed E-state index contributed by atoms with van der Waals surface area (Å²) in [5.41, 5.74) is -1.15. The van der Waals surface area contributed by atoms with Crippen LogP contribution in [0.5, 0.6) is 0 Å². The number of aliphatic hydroxyl groups excluding tert-OH is 1. The molecule has 0 aliphatic rings. The lowest BCUT2D eigenvalue weighted by Gasteiger charge is -2.20. The van der Waals surface area contributed by atoms with Crippen molar-refractivity contribution < 1.29 is 10.2 Å². The third-order valence-corrected chi connectivity index (χ3v) is 1.98. The summed E-state index contributed by atoms with van der Waals surface area (Å²) >= 11 is 0. The molecule has 1 unspecified atom stereocenters. The van der Waals surface area contributed by atoms with E-state index in [1.54, 1.807) is 19.2 Å². The van der Waals surface area contributed by atoms with E-state index in [0.717, 1.165) is 6.54 Å². The normalized spacial score (nSPS) is 14.2. The Balaban J connectivity index is 2.57. The lowest BCUT2D eigenvalue weighted by atomic mass is 10.1. The minimum absolute atomic E-state index is 0.228. The smallest absolute Gasteiger partial charge is 0.224 e. The number of nitrogens with one attached hydrogen (secondary N) is 2. The van der Waals surface area contributed by atoms with Crippen LogP contribution in [-0.4, -0.2) is 45.5 Å². The van der Waals surface area contributed by atoms with Gasteiger partial charge in [0.15, 0.2) is 0 Å². The fourth-order valence-electron chi connectivity index (χ4n) is 1.04. The van der Waals surface area contributed by atoms with Gasteiger partial charge in [-0.1, -0.05) is 0 Å². The van der Waals surface area contributed by atoms with Crippen LogP contribution >= 0.6 is 0 Å². The lowest BCUT2D eigenvalue weighted by molar-refractivity contribution is 0.0132. The second-order valence-electron chi connectivity index (χ2n) is 3.80. The van der Waals surface area contributed by atoms with Gasteiger partial charge in [0.05, 0.1) is 6.61 Å². The van der Waals surface area contributed by atoms with Gasteiger partial charge in [0.2, 0.25) is 5.95 Å². The predicted octanol–water partition coefficient (Wildman–Crippen LogP) is 0.0636. The van der Waals surface area contributed by atoms with Gasteiger partial charge in [0.1, 0.15) is 11.4 Å². The van der Waals surface area contributed by atoms with Crippen molar-refractivity contribution in [1.82, 2.24) is 9.97 Å². The summed E-state index contributed by atoms with van der Waals surface area (Å²) < 4.78 is 0. The maximum atomic E-state index is 9.59. The van der Waals surface area contributed by atoms with Crippen LogP contribution in [-0.2, 0) is 0 Å². The van der Waals surface area contributed by atoms with Crippen molar-refractivity contribution >= 4 is 11.8 Å². The SMILES string of the molecule is CCNc1nccc(NCC(C)(O)CO)n1. The molecule has 1 atom stereocenters. The lowest BCUT2D eigenvalue weighted by Crippen LogP contribution is -2.37. The molecule has 1 aromatic rings. The van der Waals surface area contributed by atoms with Crippen LogP contribution in [0.2, 0.25) is 0 Å². The van der Waals surface area contributed by atoms with E-state index in [0.29, 0.717) is 11.8 Å². The Morgan fingerprint density at radius 2 is 2.19 bits per heavy atom. The Morgan fingerprint density at radius 1 is 1.44 bits per heavy atom. The molecule has 16 heavy (non-hydrogen) atoms. The van der Waals surface area contributed by atoms with E-state index in [1.807, 2.05) is 6.92 Å². The average molecular weight is 226 g/mol. The van der Waals surface area contributed by atoms with Gasteiger partial charge < -0.3 is 20.8 Å². The molecule has 90 valence electrons. The highest BCUT2D eigenvalue weighted by Gasteiger charge is 2.18. The first-order valence-corrected chi connectivity index (χ1v) is 5.21. The third kappa shape index (κ3) is 4.00. The van der Waals surface area contributed by atoms with Crippen molar-refractivity contribution in [3.63, 3.8) is 0 Å². The predicted molar refractivity (Wildman–Crippen MR) is 62.4 cm³/mol. The van der Waals surface area contributed by atoms with Crippen LogP contribution in [0.4, 0.5) is 11.8 Å². The van der Waals surface area contributed by atoms with E-state index < -0.39 is 5.60 Å². The first-order valence-electron chi connectivity index (χ1n) is 5.21.